The zero-order valence-electron chi connectivity index (χ0n) is 16.1. The summed E-state index contributed by atoms with van der Waals surface area (Å²) in [6, 6.07) is 14.5. The Bertz CT molecular complexity index is 1100. The first kappa shape index (κ1) is 20.3. The summed E-state index contributed by atoms with van der Waals surface area (Å²) in [4.78, 5) is 0. The molecule has 0 aliphatic heterocycles. The second kappa shape index (κ2) is 9.16. The van der Waals surface area contributed by atoms with Crippen molar-refractivity contribution < 1.29 is 17.9 Å². The summed E-state index contributed by atoms with van der Waals surface area (Å²) < 4.78 is 47.7. The largest absolute Gasteiger partial charge is 0.494 e. The van der Waals surface area contributed by atoms with Gasteiger partial charge in [-0.05, 0) is 49.7 Å². The van der Waals surface area contributed by atoms with E-state index in [0.717, 1.165) is 0 Å². The number of halogens is 3. The number of hydrogen-bond acceptors (Lipinski definition) is 1. The summed E-state index contributed by atoms with van der Waals surface area (Å²) in [7, 11) is 0. The molecule has 1 nitrogen and oxygen atoms in total. The molecule has 3 aromatic carbocycles. The number of ether oxygens (including phenoxy) is 1. The summed E-state index contributed by atoms with van der Waals surface area (Å²) in [5, 5.41) is 0. The first-order valence-electron chi connectivity index (χ1n) is 9.19. The molecule has 0 heterocycles. The van der Waals surface area contributed by atoms with Gasteiger partial charge in [0.1, 0.15) is 11.6 Å². The standard InChI is InChI=1S/C25H19F3O/c1-3-5-19-12-13-20(25(28)24(19)27)11-8-17-6-9-18(10-7-17)22-15-14-21(29-4-2)16-23(22)26/h3,5-7,9-10,12-16H,4H2,1-2H3. The highest BCUT2D eigenvalue weighted by atomic mass is 19.2. The van der Waals surface area contributed by atoms with E-state index in [-0.39, 0.29) is 16.9 Å². The van der Waals surface area contributed by atoms with Gasteiger partial charge in [-0.15, -0.1) is 0 Å². The van der Waals surface area contributed by atoms with Gasteiger partial charge in [0.15, 0.2) is 11.6 Å². The Labute approximate surface area is 168 Å². The van der Waals surface area contributed by atoms with Crippen LogP contribution in [0, 0.1) is 29.3 Å². The lowest BCUT2D eigenvalue weighted by atomic mass is 10.0. The van der Waals surface area contributed by atoms with Crippen LogP contribution in [0.2, 0.25) is 0 Å². The highest BCUT2D eigenvalue weighted by Crippen LogP contribution is 2.26. The summed E-state index contributed by atoms with van der Waals surface area (Å²) in [6.07, 6.45) is 3.13. The smallest absolute Gasteiger partial charge is 0.175 e. The van der Waals surface area contributed by atoms with Crippen LogP contribution in [0.3, 0.4) is 0 Å². The molecule has 0 aliphatic rings. The van der Waals surface area contributed by atoms with Crippen molar-refractivity contribution >= 4 is 6.08 Å². The fourth-order valence-electron chi connectivity index (χ4n) is 2.83. The maximum absolute atomic E-state index is 14.3. The first-order valence-corrected chi connectivity index (χ1v) is 9.19. The van der Waals surface area contributed by atoms with E-state index in [9.17, 15) is 13.2 Å². The van der Waals surface area contributed by atoms with Crippen LogP contribution in [0.15, 0.2) is 60.7 Å². The van der Waals surface area contributed by atoms with Crippen LogP contribution in [-0.2, 0) is 0 Å². The molecule has 4 heteroatoms. The van der Waals surface area contributed by atoms with E-state index in [4.69, 9.17) is 4.74 Å². The Balaban J connectivity index is 1.83. The van der Waals surface area contributed by atoms with Crippen LogP contribution >= 0.6 is 0 Å². The molecule has 0 aliphatic carbocycles. The molecule has 0 unspecified atom stereocenters. The van der Waals surface area contributed by atoms with Crippen LogP contribution in [0.5, 0.6) is 5.75 Å². The van der Waals surface area contributed by atoms with Gasteiger partial charge in [-0.25, -0.2) is 13.2 Å². The molecular formula is C25H19F3O. The van der Waals surface area contributed by atoms with Crippen molar-refractivity contribution in [3.8, 4) is 28.7 Å². The summed E-state index contributed by atoms with van der Waals surface area (Å²) in [5.74, 6) is 3.67. The Kier molecular flexibility index (Phi) is 6.41. The molecule has 0 amide bonds. The van der Waals surface area contributed by atoms with E-state index in [1.54, 1.807) is 49.4 Å². The van der Waals surface area contributed by atoms with Crippen LogP contribution in [0.4, 0.5) is 13.2 Å². The van der Waals surface area contributed by atoms with Crippen molar-refractivity contribution in [1.29, 1.82) is 0 Å². The van der Waals surface area contributed by atoms with Crippen molar-refractivity contribution in [3.63, 3.8) is 0 Å². The van der Waals surface area contributed by atoms with E-state index in [0.29, 0.717) is 29.0 Å². The average Bonchev–Trinajstić information content (AvgIpc) is 2.72. The molecule has 3 rings (SSSR count). The molecule has 0 atom stereocenters. The summed E-state index contributed by atoms with van der Waals surface area (Å²) in [5.41, 5.74) is 1.90. The topological polar surface area (TPSA) is 9.23 Å². The van der Waals surface area contributed by atoms with Crippen molar-refractivity contribution in [1.82, 2.24) is 0 Å². The second-order valence-corrected chi connectivity index (χ2v) is 6.23. The maximum atomic E-state index is 14.3. The van der Waals surface area contributed by atoms with E-state index in [1.807, 2.05) is 6.92 Å². The van der Waals surface area contributed by atoms with Crippen molar-refractivity contribution in [2.45, 2.75) is 13.8 Å². The molecule has 0 aromatic heterocycles. The minimum absolute atomic E-state index is 0.0163. The van der Waals surface area contributed by atoms with Gasteiger partial charge in [-0.2, -0.15) is 0 Å². The van der Waals surface area contributed by atoms with Gasteiger partial charge in [0, 0.05) is 22.8 Å². The molecule has 146 valence electrons. The fourth-order valence-corrected chi connectivity index (χ4v) is 2.83. The van der Waals surface area contributed by atoms with E-state index in [1.165, 1.54) is 24.3 Å². The molecule has 0 fully saturated rings. The summed E-state index contributed by atoms with van der Waals surface area (Å²) >= 11 is 0. The van der Waals surface area contributed by atoms with Crippen LogP contribution in [0.1, 0.15) is 30.5 Å². The lowest BCUT2D eigenvalue weighted by Crippen LogP contribution is -1.93. The van der Waals surface area contributed by atoms with Crippen LogP contribution in [0.25, 0.3) is 17.2 Å². The van der Waals surface area contributed by atoms with Gasteiger partial charge in [0.2, 0.25) is 0 Å². The van der Waals surface area contributed by atoms with E-state index in [2.05, 4.69) is 11.8 Å². The van der Waals surface area contributed by atoms with Gasteiger partial charge in [0.05, 0.1) is 12.2 Å². The molecule has 0 saturated carbocycles. The zero-order chi connectivity index (χ0) is 20.8. The molecule has 0 radical (unpaired) electrons. The van der Waals surface area contributed by atoms with Crippen LogP contribution < -0.4 is 4.74 Å². The van der Waals surface area contributed by atoms with Gasteiger partial charge in [0.25, 0.3) is 0 Å². The number of allylic oxidation sites excluding steroid dienone is 1. The summed E-state index contributed by atoms with van der Waals surface area (Å²) in [6.45, 7) is 4.03. The highest BCUT2D eigenvalue weighted by Gasteiger charge is 2.10. The Morgan fingerprint density at radius 3 is 2.31 bits per heavy atom. The third-order valence-electron chi connectivity index (χ3n) is 4.25. The van der Waals surface area contributed by atoms with Gasteiger partial charge < -0.3 is 4.74 Å². The molecule has 0 spiro atoms. The minimum Gasteiger partial charge on any atom is -0.494 e. The average molecular weight is 392 g/mol. The second-order valence-electron chi connectivity index (χ2n) is 6.23. The molecule has 0 bridgehead atoms. The lowest BCUT2D eigenvalue weighted by Gasteiger charge is -2.07. The predicted octanol–water partition coefficient (Wildman–Crippen LogP) is 6.60. The molecule has 3 aromatic rings. The number of rotatable bonds is 4. The molecule has 29 heavy (non-hydrogen) atoms. The number of benzene rings is 3. The monoisotopic (exact) mass is 392 g/mol. The van der Waals surface area contributed by atoms with Crippen molar-refractivity contribution in [3.05, 3.63) is 94.8 Å². The van der Waals surface area contributed by atoms with Crippen molar-refractivity contribution in [2.75, 3.05) is 6.61 Å². The Morgan fingerprint density at radius 2 is 1.66 bits per heavy atom. The Morgan fingerprint density at radius 1 is 0.897 bits per heavy atom. The molecule has 0 N–H and O–H groups in total. The third kappa shape index (κ3) is 4.70. The molecular weight excluding hydrogens is 373 g/mol. The quantitative estimate of drug-likeness (QED) is 0.455. The van der Waals surface area contributed by atoms with Crippen molar-refractivity contribution in [2.24, 2.45) is 0 Å². The maximum Gasteiger partial charge on any atom is 0.175 e. The van der Waals surface area contributed by atoms with E-state index >= 15 is 0 Å². The predicted molar refractivity (Wildman–Crippen MR) is 110 cm³/mol. The fraction of sp³-hybridized carbons (Fsp3) is 0.120. The highest BCUT2D eigenvalue weighted by molar-refractivity contribution is 5.66. The zero-order valence-corrected chi connectivity index (χ0v) is 16.1. The van der Waals surface area contributed by atoms with Crippen LogP contribution in [-0.4, -0.2) is 6.61 Å². The number of hydrogen-bond donors (Lipinski definition) is 0. The first-order chi connectivity index (χ1) is 14.0. The third-order valence-corrected chi connectivity index (χ3v) is 4.25. The lowest BCUT2D eigenvalue weighted by molar-refractivity contribution is 0.338. The minimum atomic E-state index is -0.971. The van der Waals surface area contributed by atoms with E-state index < -0.39 is 11.6 Å². The molecule has 0 saturated heterocycles. The Hall–Kier alpha value is -3.45. The van der Waals surface area contributed by atoms with Gasteiger partial charge in [-0.3, -0.25) is 0 Å². The van der Waals surface area contributed by atoms with Gasteiger partial charge in [-0.1, -0.05) is 42.2 Å². The SMILES string of the molecule is CC=Cc1ccc(C#Cc2ccc(-c3ccc(OCC)cc3F)cc2)c(F)c1F. The normalized spacial score (nSPS) is 10.7. The van der Waals surface area contributed by atoms with Gasteiger partial charge >= 0.3 is 0 Å².